The van der Waals surface area contributed by atoms with Crippen LogP contribution in [0.15, 0.2) is 48.5 Å². The Morgan fingerprint density at radius 1 is 0.833 bits per heavy atom. The topological polar surface area (TPSA) is 93.7 Å². The van der Waals surface area contributed by atoms with Gasteiger partial charge in [0.1, 0.15) is 5.75 Å². The molecule has 0 saturated carbocycles. The molecule has 0 saturated heterocycles. The number of rotatable bonds is 4. The summed E-state index contributed by atoms with van der Waals surface area (Å²) in [4.78, 5) is 35.1. The van der Waals surface area contributed by atoms with Crippen LogP contribution in [0.2, 0.25) is 0 Å². The summed E-state index contributed by atoms with van der Waals surface area (Å²) in [5.41, 5.74) is 1.17. The molecule has 2 amide bonds. The summed E-state index contributed by atoms with van der Waals surface area (Å²) in [5, 5.41) is 4.91. The van der Waals surface area contributed by atoms with Gasteiger partial charge in [0.2, 0.25) is 0 Å². The summed E-state index contributed by atoms with van der Waals surface area (Å²) in [6, 6.07) is 12.6. The Hall–Kier alpha value is -3.35. The zero-order valence-corrected chi connectivity index (χ0v) is 13.2. The molecule has 7 heteroatoms. The maximum atomic E-state index is 11.9. The zero-order chi connectivity index (χ0) is 17.5. The summed E-state index contributed by atoms with van der Waals surface area (Å²) < 4.78 is 9.62. The molecule has 7 nitrogen and oxygen atoms in total. The number of anilines is 2. The molecule has 0 aliphatic heterocycles. The molecule has 0 fully saturated rings. The first-order valence-electron chi connectivity index (χ1n) is 6.98. The van der Waals surface area contributed by atoms with E-state index >= 15 is 0 Å². The lowest BCUT2D eigenvalue weighted by atomic mass is 10.2. The highest BCUT2D eigenvalue weighted by Gasteiger charge is 2.14. The molecule has 0 aliphatic carbocycles. The van der Waals surface area contributed by atoms with Crippen molar-refractivity contribution in [2.24, 2.45) is 0 Å². The van der Waals surface area contributed by atoms with Crippen molar-refractivity contribution in [1.29, 1.82) is 0 Å². The number of esters is 1. The fraction of sp³-hybridized carbons (Fsp3) is 0.118. The van der Waals surface area contributed by atoms with Gasteiger partial charge in [0.25, 0.3) is 0 Å². The molecule has 0 aromatic heterocycles. The maximum absolute atomic E-state index is 11.9. The molecule has 0 atom stereocenters. The number of hydrogen-bond acceptors (Lipinski definition) is 5. The van der Waals surface area contributed by atoms with Crippen LogP contribution >= 0.6 is 0 Å². The fourth-order valence-corrected chi connectivity index (χ4v) is 1.88. The minimum absolute atomic E-state index is 0.344. The number of amides is 2. The smallest absolute Gasteiger partial charge is 0.337 e. The molecule has 0 heterocycles. The van der Waals surface area contributed by atoms with Crippen molar-refractivity contribution in [3.05, 3.63) is 54.1 Å². The SMILES string of the molecule is COC(=O)c1ccc(NC(=O)C(=O)Nc2cccc(OC)c2)cc1. The molecule has 2 N–H and O–H groups in total. The third-order valence-electron chi connectivity index (χ3n) is 3.10. The van der Waals surface area contributed by atoms with Gasteiger partial charge in [-0.25, -0.2) is 4.79 Å². The highest BCUT2D eigenvalue weighted by molar-refractivity contribution is 6.43. The second-order valence-electron chi connectivity index (χ2n) is 4.71. The summed E-state index contributed by atoms with van der Waals surface area (Å²) in [5.74, 6) is -1.57. The third-order valence-corrected chi connectivity index (χ3v) is 3.10. The first-order chi connectivity index (χ1) is 11.5. The predicted octanol–water partition coefficient (Wildman–Crippen LogP) is 2.06. The van der Waals surface area contributed by atoms with E-state index < -0.39 is 17.8 Å². The lowest BCUT2D eigenvalue weighted by Gasteiger charge is -2.08. The van der Waals surface area contributed by atoms with Gasteiger partial charge < -0.3 is 20.1 Å². The Morgan fingerprint density at radius 2 is 1.46 bits per heavy atom. The Balaban J connectivity index is 1.98. The first kappa shape index (κ1) is 17.0. The minimum Gasteiger partial charge on any atom is -0.497 e. The average molecular weight is 328 g/mol. The molecule has 24 heavy (non-hydrogen) atoms. The Bertz CT molecular complexity index is 756. The lowest BCUT2D eigenvalue weighted by molar-refractivity contribution is -0.132. The number of carbonyl (C=O) groups is 3. The van der Waals surface area contributed by atoms with E-state index in [0.717, 1.165) is 0 Å². The van der Waals surface area contributed by atoms with Crippen LogP contribution in [0.25, 0.3) is 0 Å². The van der Waals surface area contributed by atoms with E-state index in [1.54, 1.807) is 24.3 Å². The van der Waals surface area contributed by atoms with Crippen molar-refractivity contribution in [2.45, 2.75) is 0 Å². The monoisotopic (exact) mass is 328 g/mol. The van der Waals surface area contributed by atoms with Crippen molar-refractivity contribution >= 4 is 29.2 Å². The molecule has 0 aliphatic rings. The lowest BCUT2D eigenvalue weighted by Crippen LogP contribution is -2.29. The standard InChI is InChI=1S/C17H16N2O5/c1-23-14-5-3-4-13(10-14)19-16(21)15(20)18-12-8-6-11(7-9-12)17(22)24-2/h3-10H,1-2H3,(H,18,20)(H,19,21). The fourth-order valence-electron chi connectivity index (χ4n) is 1.88. The number of methoxy groups -OCH3 is 2. The summed E-state index contributed by atoms with van der Waals surface area (Å²) in [6.45, 7) is 0. The van der Waals surface area contributed by atoms with Crippen LogP contribution < -0.4 is 15.4 Å². The van der Waals surface area contributed by atoms with E-state index in [4.69, 9.17) is 4.74 Å². The zero-order valence-electron chi connectivity index (χ0n) is 13.2. The molecule has 2 rings (SSSR count). The maximum Gasteiger partial charge on any atom is 0.337 e. The van der Waals surface area contributed by atoms with Gasteiger partial charge in [-0.2, -0.15) is 0 Å². The molecule has 0 spiro atoms. The normalized spacial score (nSPS) is 9.75. The van der Waals surface area contributed by atoms with Crippen molar-refractivity contribution < 1.29 is 23.9 Å². The van der Waals surface area contributed by atoms with Gasteiger partial charge >= 0.3 is 17.8 Å². The molecule has 2 aromatic carbocycles. The van der Waals surface area contributed by atoms with E-state index in [0.29, 0.717) is 22.7 Å². The number of ether oxygens (including phenoxy) is 2. The number of benzene rings is 2. The van der Waals surface area contributed by atoms with Gasteiger partial charge in [0, 0.05) is 17.4 Å². The molecule has 2 aromatic rings. The van der Waals surface area contributed by atoms with Crippen LogP contribution in [0.5, 0.6) is 5.75 Å². The van der Waals surface area contributed by atoms with Gasteiger partial charge in [0.05, 0.1) is 19.8 Å². The van der Waals surface area contributed by atoms with E-state index in [-0.39, 0.29) is 0 Å². The number of carbonyl (C=O) groups excluding carboxylic acids is 3. The van der Waals surface area contributed by atoms with Crippen molar-refractivity contribution in [3.8, 4) is 5.75 Å². The molecular weight excluding hydrogens is 312 g/mol. The Kier molecular flexibility index (Phi) is 5.51. The van der Waals surface area contributed by atoms with Crippen LogP contribution in [0.1, 0.15) is 10.4 Å². The minimum atomic E-state index is -0.830. The van der Waals surface area contributed by atoms with Crippen LogP contribution in [0, 0.1) is 0 Å². The van der Waals surface area contributed by atoms with Gasteiger partial charge in [-0.15, -0.1) is 0 Å². The highest BCUT2D eigenvalue weighted by Crippen LogP contribution is 2.17. The first-order valence-corrected chi connectivity index (χ1v) is 6.98. The van der Waals surface area contributed by atoms with E-state index in [2.05, 4.69) is 15.4 Å². The van der Waals surface area contributed by atoms with Crippen LogP contribution in [-0.4, -0.2) is 32.0 Å². The Labute approximate surface area is 138 Å². The molecule has 124 valence electrons. The van der Waals surface area contributed by atoms with Crippen molar-refractivity contribution in [2.75, 3.05) is 24.9 Å². The van der Waals surface area contributed by atoms with E-state index in [9.17, 15) is 14.4 Å². The quantitative estimate of drug-likeness (QED) is 0.662. The van der Waals surface area contributed by atoms with Gasteiger partial charge in [-0.1, -0.05) is 6.07 Å². The number of hydrogen-bond donors (Lipinski definition) is 2. The molecule has 0 bridgehead atoms. The summed E-state index contributed by atoms with van der Waals surface area (Å²) >= 11 is 0. The second kappa shape index (κ2) is 7.77. The largest absolute Gasteiger partial charge is 0.497 e. The summed E-state index contributed by atoms with van der Waals surface area (Å²) in [7, 11) is 2.78. The van der Waals surface area contributed by atoms with Gasteiger partial charge in [0.15, 0.2) is 0 Å². The summed E-state index contributed by atoms with van der Waals surface area (Å²) in [6.07, 6.45) is 0. The van der Waals surface area contributed by atoms with Crippen LogP contribution in [0.3, 0.4) is 0 Å². The van der Waals surface area contributed by atoms with Crippen LogP contribution in [0.4, 0.5) is 11.4 Å². The second-order valence-corrected chi connectivity index (χ2v) is 4.71. The highest BCUT2D eigenvalue weighted by atomic mass is 16.5. The van der Waals surface area contributed by atoms with Crippen molar-refractivity contribution in [3.63, 3.8) is 0 Å². The molecule has 0 unspecified atom stereocenters. The average Bonchev–Trinajstić information content (AvgIpc) is 2.61. The number of nitrogens with one attached hydrogen (secondary N) is 2. The molecule has 0 radical (unpaired) electrons. The van der Waals surface area contributed by atoms with E-state index in [1.807, 2.05) is 0 Å². The predicted molar refractivity (Wildman–Crippen MR) is 88.0 cm³/mol. The molecular formula is C17H16N2O5. The van der Waals surface area contributed by atoms with Crippen LogP contribution in [-0.2, 0) is 14.3 Å². The Morgan fingerprint density at radius 3 is 2.04 bits per heavy atom. The van der Waals surface area contributed by atoms with Crippen molar-refractivity contribution in [1.82, 2.24) is 0 Å². The van der Waals surface area contributed by atoms with E-state index in [1.165, 1.54) is 38.5 Å². The van der Waals surface area contributed by atoms with Gasteiger partial charge in [-0.3, -0.25) is 9.59 Å². The third kappa shape index (κ3) is 4.33. The van der Waals surface area contributed by atoms with Gasteiger partial charge in [-0.05, 0) is 36.4 Å².